The second kappa shape index (κ2) is 6.70. The summed E-state index contributed by atoms with van der Waals surface area (Å²) in [5.41, 5.74) is 2.06. The highest BCUT2D eigenvalue weighted by Gasteiger charge is 2.24. The predicted molar refractivity (Wildman–Crippen MR) is 88.7 cm³/mol. The van der Waals surface area contributed by atoms with Crippen molar-refractivity contribution in [1.82, 2.24) is 0 Å². The summed E-state index contributed by atoms with van der Waals surface area (Å²) in [6, 6.07) is 11.3. The lowest BCUT2D eigenvalue weighted by Gasteiger charge is -2.27. The van der Waals surface area contributed by atoms with E-state index in [1.807, 2.05) is 0 Å². The Morgan fingerprint density at radius 2 is 2.00 bits per heavy atom. The Morgan fingerprint density at radius 3 is 2.75 bits per heavy atom. The van der Waals surface area contributed by atoms with Gasteiger partial charge in [-0.2, -0.15) is 0 Å². The topological polar surface area (TPSA) is 58.6 Å². The summed E-state index contributed by atoms with van der Waals surface area (Å²) in [7, 11) is 1.67. The molecule has 0 radical (unpaired) electrons. The molecule has 1 N–H and O–H groups in total. The molecule has 0 saturated heterocycles. The lowest BCUT2D eigenvalue weighted by atomic mass is 10.1. The van der Waals surface area contributed by atoms with Crippen molar-refractivity contribution in [2.75, 3.05) is 23.9 Å². The van der Waals surface area contributed by atoms with Crippen molar-refractivity contribution in [2.24, 2.45) is 0 Å². The highest BCUT2D eigenvalue weighted by atomic mass is 19.1. The number of amides is 2. The summed E-state index contributed by atoms with van der Waals surface area (Å²) in [6.45, 7) is -0.0496. The van der Waals surface area contributed by atoms with Gasteiger partial charge in [-0.15, -0.1) is 0 Å². The maximum Gasteiger partial charge on any atom is 0.264 e. The van der Waals surface area contributed by atoms with Crippen LogP contribution in [0.3, 0.4) is 0 Å². The van der Waals surface area contributed by atoms with E-state index < -0.39 is 0 Å². The Morgan fingerprint density at radius 1 is 1.25 bits per heavy atom. The van der Waals surface area contributed by atoms with E-state index in [1.54, 1.807) is 37.4 Å². The number of aryl methyl sites for hydroxylation is 1. The van der Waals surface area contributed by atoms with Gasteiger partial charge in [0, 0.05) is 13.5 Å². The maximum absolute atomic E-state index is 12.9. The Kier molecular flexibility index (Phi) is 4.46. The van der Waals surface area contributed by atoms with Crippen molar-refractivity contribution in [2.45, 2.75) is 12.8 Å². The van der Waals surface area contributed by atoms with Gasteiger partial charge in [0.2, 0.25) is 5.91 Å². The summed E-state index contributed by atoms with van der Waals surface area (Å²) in [6.07, 6.45) is 0.782. The van der Waals surface area contributed by atoms with Crippen molar-refractivity contribution in [3.63, 3.8) is 0 Å². The zero-order valence-corrected chi connectivity index (χ0v) is 13.2. The fourth-order valence-electron chi connectivity index (χ4n) is 2.53. The van der Waals surface area contributed by atoms with E-state index >= 15 is 0 Å². The van der Waals surface area contributed by atoms with Crippen LogP contribution in [0.1, 0.15) is 12.0 Å². The first-order chi connectivity index (χ1) is 11.5. The first-order valence-electron chi connectivity index (χ1n) is 7.61. The van der Waals surface area contributed by atoms with Crippen LogP contribution in [0.2, 0.25) is 0 Å². The quantitative estimate of drug-likeness (QED) is 0.939. The lowest BCUT2D eigenvalue weighted by Crippen LogP contribution is -2.35. The molecule has 2 aromatic carbocycles. The minimum Gasteiger partial charge on any atom is -0.479 e. The van der Waals surface area contributed by atoms with Gasteiger partial charge in [-0.1, -0.05) is 18.2 Å². The summed E-state index contributed by atoms with van der Waals surface area (Å²) in [5.74, 6) is -0.108. The van der Waals surface area contributed by atoms with E-state index in [9.17, 15) is 14.0 Å². The van der Waals surface area contributed by atoms with E-state index in [-0.39, 0.29) is 30.7 Å². The average molecular weight is 328 g/mol. The van der Waals surface area contributed by atoms with Crippen molar-refractivity contribution >= 4 is 23.2 Å². The molecule has 5 nitrogen and oxygen atoms in total. The lowest BCUT2D eigenvalue weighted by molar-refractivity contribution is -0.121. The molecule has 0 spiro atoms. The van der Waals surface area contributed by atoms with Gasteiger partial charge in [-0.25, -0.2) is 4.39 Å². The third kappa shape index (κ3) is 3.37. The summed E-state index contributed by atoms with van der Waals surface area (Å²) >= 11 is 0. The van der Waals surface area contributed by atoms with Crippen molar-refractivity contribution in [1.29, 1.82) is 0 Å². The largest absolute Gasteiger partial charge is 0.479 e. The number of benzene rings is 2. The number of likely N-dealkylation sites (N-methyl/N-ethyl adjacent to an activating group) is 1. The molecule has 2 aromatic rings. The molecular weight excluding hydrogens is 311 g/mol. The SMILES string of the molecule is CN1C(=O)COc2c(NC(=O)CCc3ccc(F)cc3)cccc21. The number of para-hydroxylation sites is 1. The molecule has 0 aliphatic carbocycles. The molecule has 0 aromatic heterocycles. The van der Waals surface area contributed by atoms with Crippen molar-refractivity contribution in [3.8, 4) is 5.75 Å². The van der Waals surface area contributed by atoms with Gasteiger partial charge in [0.1, 0.15) is 5.82 Å². The number of halogens is 1. The van der Waals surface area contributed by atoms with Gasteiger partial charge in [0.05, 0.1) is 11.4 Å². The van der Waals surface area contributed by atoms with Crippen LogP contribution in [0.25, 0.3) is 0 Å². The number of fused-ring (bicyclic) bond motifs is 1. The standard InChI is InChI=1S/C18H17FN2O3/c1-21-15-4-2-3-14(18(15)24-11-17(21)23)20-16(22)10-7-12-5-8-13(19)9-6-12/h2-6,8-9H,7,10-11H2,1H3,(H,20,22). The van der Waals surface area contributed by atoms with E-state index in [1.165, 1.54) is 17.0 Å². The molecule has 0 fully saturated rings. The Hall–Kier alpha value is -2.89. The number of nitrogens with zero attached hydrogens (tertiary/aromatic N) is 1. The number of rotatable bonds is 4. The van der Waals surface area contributed by atoms with Gasteiger partial charge >= 0.3 is 0 Å². The fourth-order valence-corrected chi connectivity index (χ4v) is 2.53. The number of anilines is 2. The molecule has 1 aliphatic heterocycles. The first-order valence-corrected chi connectivity index (χ1v) is 7.61. The molecule has 24 heavy (non-hydrogen) atoms. The predicted octanol–water partition coefficient (Wildman–Crippen LogP) is 2.75. The normalized spacial score (nSPS) is 13.2. The first kappa shape index (κ1) is 16.0. The van der Waals surface area contributed by atoms with Crippen LogP contribution < -0.4 is 15.0 Å². The van der Waals surface area contributed by atoms with Gasteiger partial charge in [0.25, 0.3) is 5.91 Å². The average Bonchev–Trinajstić information content (AvgIpc) is 2.58. The number of hydrogen-bond donors (Lipinski definition) is 1. The van der Waals surface area contributed by atoms with Crippen LogP contribution in [-0.2, 0) is 16.0 Å². The zero-order valence-electron chi connectivity index (χ0n) is 13.2. The third-order valence-corrected chi connectivity index (χ3v) is 3.90. The summed E-state index contributed by atoms with van der Waals surface area (Å²) in [4.78, 5) is 25.3. The van der Waals surface area contributed by atoms with E-state index in [2.05, 4.69) is 5.32 Å². The van der Waals surface area contributed by atoms with E-state index in [0.717, 1.165) is 5.56 Å². The Labute approximate surface area is 139 Å². The number of carbonyl (C=O) groups is 2. The van der Waals surface area contributed by atoms with Gasteiger partial charge in [0.15, 0.2) is 12.4 Å². The van der Waals surface area contributed by atoms with Crippen LogP contribution in [0.15, 0.2) is 42.5 Å². The van der Waals surface area contributed by atoms with Crippen LogP contribution in [0.4, 0.5) is 15.8 Å². The minimum absolute atomic E-state index is 0.0496. The number of nitrogens with one attached hydrogen (secondary N) is 1. The Balaban J connectivity index is 1.67. The second-order valence-electron chi connectivity index (χ2n) is 5.57. The number of ether oxygens (including phenoxy) is 1. The smallest absolute Gasteiger partial charge is 0.264 e. The van der Waals surface area contributed by atoms with Crippen molar-refractivity contribution < 1.29 is 18.7 Å². The maximum atomic E-state index is 12.9. The molecule has 3 rings (SSSR count). The van der Waals surface area contributed by atoms with Gasteiger partial charge < -0.3 is 15.0 Å². The fraction of sp³-hybridized carbons (Fsp3) is 0.222. The third-order valence-electron chi connectivity index (χ3n) is 3.90. The Bertz CT molecular complexity index is 774. The number of carbonyl (C=O) groups excluding carboxylic acids is 2. The molecule has 0 atom stereocenters. The van der Waals surface area contributed by atoms with Gasteiger partial charge in [-0.3, -0.25) is 9.59 Å². The number of hydrogen-bond acceptors (Lipinski definition) is 3. The highest BCUT2D eigenvalue weighted by Crippen LogP contribution is 2.37. The van der Waals surface area contributed by atoms with Gasteiger partial charge in [-0.05, 0) is 36.2 Å². The molecule has 0 bridgehead atoms. The van der Waals surface area contributed by atoms with Crippen LogP contribution >= 0.6 is 0 Å². The molecule has 0 unspecified atom stereocenters. The molecule has 2 amide bonds. The molecule has 1 aliphatic rings. The van der Waals surface area contributed by atoms with Crippen LogP contribution in [-0.4, -0.2) is 25.5 Å². The molecule has 124 valence electrons. The van der Waals surface area contributed by atoms with E-state index in [0.29, 0.717) is 23.5 Å². The summed E-state index contributed by atoms with van der Waals surface area (Å²) < 4.78 is 18.3. The van der Waals surface area contributed by atoms with Crippen LogP contribution in [0.5, 0.6) is 5.75 Å². The van der Waals surface area contributed by atoms with Crippen LogP contribution in [0, 0.1) is 5.82 Å². The monoisotopic (exact) mass is 328 g/mol. The van der Waals surface area contributed by atoms with Crippen molar-refractivity contribution in [3.05, 3.63) is 53.8 Å². The molecule has 1 heterocycles. The highest BCUT2D eigenvalue weighted by molar-refractivity contribution is 6.01. The zero-order chi connectivity index (χ0) is 17.1. The van der Waals surface area contributed by atoms with E-state index in [4.69, 9.17) is 4.74 Å². The molecule has 6 heteroatoms. The molecule has 0 saturated carbocycles. The molecular formula is C18H17FN2O3. The minimum atomic E-state index is -0.296. The second-order valence-corrected chi connectivity index (χ2v) is 5.57. The summed E-state index contributed by atoms with van der Waals surface area (Å²) in [5, 5.41) is 2.81.